The van der Waals surface area contributed by atoms with E-state index in [-0.39, 0.29) is 34.3 Å². The second kappa shape index (κ2) is 23.1. The molecule has 0 saturated carbocycles. The van der Waals surface area contributed by atoms with Crippen LogP contribution in [0.25, 0.3) is 12.2 Å². The van der Waals surface area contributed by atoms with Crippen molar-refractivity contribution in [3.8, 4) is 6.07 Å². The molecule has 3 unspecified atom stereocenters. The number of rotatable bonds is 16. The van der Waals surface area contributed by atoms with Gasteiger partial charge in [0.2, 0.25) is 0 Å². The van der Waals surface area contributed by atoms with E-state index < -0.39 is 36.7 Å². The number of nitrogens with zero attached hydrogens (tertiary/aromatic N) is 6. The maximum Gasteiger partial charge on any atom is 0.277 e. The number of pyridine rings is 1. The third-order valence-corrected chi connectivity index (χ3v) is 10.7. The minimum Gasteiger partial charge on any atom is -0.385 e. The fourth-order valence-corrected chi connectivity index (χ4v) is 6.01. The van der Waals surface area contributed by atoms with Crippen LogP contribution in [-0.4, -0.2) is 68.2 Å². The maximum atomic E-state index is 12.3. The number of nitriles is 1. The summed E-state index contributed by atoms with van der Waals surface area (Å²) in [5.41, 5.74) is 2.84. The van der Waals surface area contributed by atoms with Crippen molar-refractivity contribution >= 4 is 78.5 Å². The molecule has 1 heterocycles. The summed E-state index contributed by atoms with van der Waals surface area (Å²) in [6, 6.07) is 11.3. The molecule has 0 bridgehead atoms. The number of benzene rings is 2. The second-order valence-corrected chi connectivity index (χ2v) is 15.8. The van der Waals surface area contributed by atoms with E-state index in [1.54, 1.807) is 32.2 Å². The fraction of sp³-hybridized carbons (Fsp3) is 0.316. The first-order valence-electron chi connectivity index (χ1n) is 17.3. The Morgan fingerprint density at radius 2 is 1.52 bits per heavy atom. The summed E-state index contributed by atoms with van der Waals surface area (Å²) in [6.45, 7) is 17.0. The van der Waals surface area contributed by atoms with Crippen LogP contribution in [0.2, 0.25) is 0 Å². The van der Waals surface area contributed by atoms with Gasteiger partial charge in [0.15, 0.2) is 16.9 Å². The molecule has 4 N–H and O–H groups in total. The Hall–Kier alpha value is -5.03. The van der Waals surface area contributed by atoms with E-state index in [4.69, 9.17) is 4.74 Å². The lowest BCUT2D eigenvalue weighted by molar-refractivity contribution is 0.198. The van der Waals surface area contributed by atoms with Crippen LogP contribution in [0.1, 0.15) is 56.4 Å². The Labute approximate surface area is 334 Å². The lowest BCUT2D eigenvalue weighted by Crippen LogP contribution is -2.29. The summed E-state index contributed by atoms with van der Waals surface area (Å²) in [5, 5.41) is 35.3. The molecule has 0 aliphatic heterocycles. The number of hydrogen-bond acceptors (Lipinski definition) is 13. The predicted octanol–water partition coefficient (Wildman–Crippen LogP) is 9.33. The number of methoxy groups -OCH3 is 1. The molecular weight excluding hydrogens is 777 g/mol. The average Bonchev–Trinajstić information content (AvgIpc) is 3.37. The van der Waals surface area contributed by atoms with E-state index in [2.05, 4.69) is 55.3 Å². The Kier molecular flexibility index (Phi) is 19.5. The first kappa shape index (κ1) is 47.1. The van der Waals surface area contributed by atoms with Gasteiger partial charge in [-0.3, -0.25) is 8.76 Å². The average molecular weight is 825 g/mol. The highest BCUT2D eigenvalue weighted by molar-refractivity contribution is 7.88. The van der Waals surface area contributed by atoms with Crippen molar-refractivity contribution in [2.45, 2.75) is 50.7 Å². The number of fused-ring (bicyclic) bond motifs is 1. The molecule has 3 aromatic rings. The molecule has 15 nitrogen and oxygen atoms in total. The van der Waals surface area contributed by atoms with Crippen molar-refractivity contribution in [2.24, 2.45) is 20.5 Å². The molecule has 0 radical (unpaired) electrons. The van der Waals surface area contributed by atoms with Gasteiger partial charge in [-0.1, -0.05) is 50.8 Å². The molecule has 0 amide bonds. The molecule has 4 rings (SSSR count). The van der Waals surface area contributed by atoms with Gasteiger partial charge in [-0.2, -0.15) is 18.8 Å². The van der Waals surface area contributed by atoms with E-state index in [0.29, 0.717) is 59.1 Å². The smallest absolute Gasteiger partial charge is 0.277 e. The number of ether oxygens (including phenoxy) is 1. The molecule has 3 atom stereocenters. The summed E-state index contributed by atoms with van der Waals surface area (Å²) in [7, 11) is -4.23. The highest BCUT2D eigenvalue weighted by atomic mass is 32.2. The van der Waals surface area contributed by atoms with Crippen LogP contribution in [0.5, 0.6) is 0 Å². The first-order chi connectivity index (χ1) is 26.7. The van der Waals surface area contributed by atoms with Crippen LogP contribution in [0, 0.1) is 18.3 Å². The Bertz CT molecular complexity index is 2160. The van der Waals surface area contributed by atoms with Gasteiger partial charge in [-0.15, -0.1) is 21.9 Å². The standard InChI is InChI=1S/C33H36N8O7S3.C3H6.C2H6/c1-5-49(42)20-18-36-31-27(21-34)22(2)30(32(37-31)35-17-6-19-48-4)41-40-29-12-11-28(39-38-23-7-9-24(10-8-23)50(43)44)25-13-15-33(3,51(45,46)47)16-14-26(25)29;1-3-2;1-2/h5,7-16H,1,6,17-20H2,2-4H3,(H,43,44)(H2,35,36,37)(H,45,46,47);3H,1H2,2H3;1-2H3. The SMILES string of the molecule is C=CC.C=CS(=O)CCNc1nc(NCCCOC)c(N=Nc2ccc(N=Nc3ccc(S(=O)O)cc3)c3c2C=CC(C)(S(=O)(=O)O)C=C3)c(C)c1C#N.CC. The third-order valence-electron chi connectivity index (χ3n) is 7.65. The van der Waals surface area contributed by atoms with Gasteiger partial charge in [0, 0.05) is 60.0 Å². The number of anilines is 2. The van der Waals surface area contributed by atoms with Gasteiger partial charge < -0.3 is 19.9 Å². The van der Waals surface area contributed by atoms with Crippen LogP contribution >= 0.6 is 0 Å². The molecule has 1 aliphatic carbocycles. The van der Waals surface area contributed by atoms with E-state index in [0.717, 1.165) is 0 Å². The molecule has 0 fully saturated rings. The zero-order chi connectivity index (χ0) is 41.9. The normalized spacial score (nSPS) is 15.6. The van der Waals surface area contributed by atoms with Crippen LogP contribution in [0.15, 0.2) is 98.5 Å². The quantitative estimate of drug-likeness (QED) is 0.0350. The van der Waals surface area contributed by atoms with Crippen molar-refractivity contribution in [1.82, 2.24) is 4.98 Å². The van der Waals surface area contributed by atoms with Crippen molar-refractivity contribution in [3.05, 3.63) is 95.4 Å². The molecule has 1 aliphatic rings. The molecular formula is C38H48N8O7S3. The zero-order valence-corrected chi connectivity index (χ0v) is 34.7. The Morgan fingerprint density at radius 3 is 2.02 bits per heavy atom. The fourth-order valence-electron chi connectivity index (χ4n) is 4.69. The Balaban J connectivity index is 0.00000206. The number of allylic oxidation sites excluding steroid dienone is 1. The number of azo groups is 2. The van der Waals surface area contributed by atoms with E-state index in [1.165, 1.54) is 60.9 Å². The summed E-state index contributed by atoms with van der Waals surface area (Å²) < 4.78 is 70.6. The highest BCUT2D eigenvalue weighted by Crippen LogP contribution is 2.40. The first-order valence-corrected chi connectivity index (χ1v) is 21.2. The molecule has 0 spiro atoms. The van der Waals surface area contributed by atoms with Crippen molar-refractivity contribution < 1.29 is 30.7 Å². The van der Waals surface area contributed by atoms with Crippen molar-refractivity contribution in [3.63, 3.8) is 0 Å². The van der Waals surface area contributed by atoms with Gasteiger partial charge in [0.05, 0.1) is 27.5 Å². The maximum absolute atomic E-state index is 12.3. The summed E-state index contributed by atoms with van der Waals surface area (Å²) >= 11 is -2.15. The Morgan fingerprint density at radius 1 is 0.964 bits per heavy atom. The van der Waals surface area contributed by atoms with Crippen LogP contribution in [0.4, 0.5) is 34.4 Å². The minimum atomic E-state index is -4.57. The van der Waals surface area contributed by atoms with Crippen LogP contribution < -0.4 is 10.6 Å². The van der Waals surface area contributed by atoms with Gasteiger partial charge in [-0.25, -0.2) is 9.19 Å². The molecule has 0 saturated heterocycles. The number of aromatic nitrogens is 1. The molecule has 2 aromatic carbocycles. The zero-order valence-electron chi connectivity index (χ0n) is 32.2. The van der Waals surface area contributed by atoms with Crippen molar-refractivity contribution in [2.75, 3.05) is 43.2 Å². The van der Waals surface area contributed by atoms with Gasteiger partial charge >= 0.3 is 0 Å². The van der Waals surface area contributed by atoms with E-state index in [1.807, 2.05) is 20.8 Å². The highest BCUT2D eigenvalue weighted by Gasteiger charge is 2.34. The summed E-state index contributed by atoms with van der Waals surface area (Å²) in [4.78, 5) is 4.82. The van der Waals surface area contributed by atoms with Gasteiger partial charge in [0.25, 0.3) is 10.1 Å². The van der Waals surface area contributed by atoms with Gasteiger partial charge in [-0.05, 0) is 69.0 Å². The monoisotopic (exact) mass is 824 g/mol. The van der Waals surface area contributed by atoms with Crippen LogP contribution in [0.3, 0.4) is 0 Å². The van der Waals surface area contributed by atoms with Gasteiger partial charge in [0.1, 0.15) is 22.3 Å². The molecule has 1 aromatic heterocycles. The lowest BCUT2D eigenvalue weighted by atomic mass is 10.0. The van der Waals surface area contributed by atoms with E-state index in [9.17, 15) is 31.2 Å². The largest absolute Gasteiger partial charge is 0.385 e. The van der Waals surface area contributed by atoms with E-state index >= 15 is 0 Å². The lowest BCUT2D eigenvalue weighted by Gasteiger charge is -2.16. The molecule has 300 valence electrons. The molecule has 18 heteroatoms. The second-order valence-electron chi connectivity index (χ2n) is 11.5. The predicted molar refractivity (Wildman–Crippen MR) is 226 cm³/mol. The third kappa shape index (κ3) is 13.0. The summed E-state index contributed by atoms with van der Waals surface area (Å²) in [5.74, 6) is 0.884. The topological polar surface area (TPSA) is 228 Å². The summed E-state index contributed by atoms with van der Waals surface area (Å²) in [6.07, 6.45) is 8.03. The number of nitrogens with one attached hydrogen (secondary N) is 2. The number of hydrogen-bond donors (Lipinski definition) is 4. The van der Waals surface area contributed by atoms with Crippen LogP contribution in [-0.2, 0) is 36.7 Å². The molecule has 56 heavy (non-hydrogen) atoms. The van der Waals surface area contributed by atoms with Crippen molar-refractivity contribution in [1.29, 1.82) is 5.26 Å². The minimum absolute atomic E-state index is 0.197.